The molecule has 2 aromatic rings. The molecule has 1 aromatic heterocycles. The third-order valence-corrected chi connectivity index (χ3v) is 4.70. The van der Waals surface area contributed by atoms with Crippen LogP contribution in [0.25, 0.3) is 0 Å². The molecule has 0 spiro atoms. The first-order chi connectivity index (χ1) is 11.6. The number of hydrogen-bond donors (Lipinski definition) is 1. The second kappa shape index (κ2) is 7.62. The number of carbonyl (C=O) groups excluding carboxylic acids is 1. The molecule has 1 aliphatic heterocycles. The Bertz CT molecular complexity index is 757. The molecule has 5 nitrogen and oxygen atoms in total. The number of nitrogens with zero attached hydrogens (tertiary/aromatic N) is 2. The van der Waals surface area contributed by atoms with Gasteiger partial charge in [0.2, 0.25) is 5.91 Å². The van der Waals surface area contributed by atoms with E-state index in [9.17, 15) is 9.59 Å². The second-order valence-corrected chi connectivity index (χ2v) is 6.57. The summed E-state index contributed by atoms with van der Waals surface area (Å²) >= 11 is 5.88. The highest BCUT2D eigenvalue weighted by molar-refractivity contribution is 6.30. The number of aromatic amines is 1. The van der Waals surface area contributed by atoms with E-state index in [-0.39, 0.29) is 17.5 Å². The predicted molar refractivity (Wildman–Crippen MR) is 93.2 cm³/mol. The van der Waals surface area contributed by atoms with Crippen LogP contribution < -0.4 is 5.69 Å². The molecule has 6 heteroatoms. The first-order valence-corrected chi connectivity index (χ1v) is 8.57. The van der Waals surface area contributed by atoms with Gasteiger partial charge in [-0.25, -0.2) is 9.78 Å². The number of rotatable bonds is 4. The molecule has 1 N–H and O–H groups in total. The van der Waals surface area contributed by atoms with Crippen molar-refractivity contribution in [2.75, 3.05) is 13.1 Å². The van der Waals surface area contributed by atoms with Crippen molar-refractivity contribution in [3.05, 3.63) is 63.3 Å². The number of hydrogen-bond acceptors (Lipinski definition) is 3. The zero-order valence-electron chi connectivity index (χ0n) is 13.4. The SMILES string of the molecule is O=C(CCc1ccc(Cl)cc1)N1CCCC(c2ccnc(=O)[nH]2)C1. The van der Waals surface area contributed by atoms with Gasteiger partial charge in [-0.3, -0.25) is 4.79 Å². The molecule has 1 saturated heterocycles. The summed E-state index contributed by atoms with van der Waals surface area (Å²) in [4.78, 5) is 32.2. The number of carbonyl (C=O) groups is 1. The molecular weight excluding hydrogens is 326 g/mol. The second-order valence-electron chi connectivity index (χ2n) is 6.14. The average molecular weight is 346 g/mol. The van der Waals surface area contributed by atoms with Crippen LogP contribution in [0, 0.1) is 0 Å². The Hall–Kier alpha value is -2.14. The van der Waals surface area contributed by atoms with E-state index < -0.39 is 0 Å². The number of aryl methyl sites for hydroxylation is 1. The first-order valence-electron chi connectivity index (χ1n) is 8.19. The molecule has 2 heterocycles. The van der Waals surface area contributed by atoms with E-state index in [0.717, 1.165) is 30.6 Å². The molecule has 3 rings (SSSR count). The molecule has 1 amide bonds. The van der Waals surface area contributed by atoms with Crippen molar-refractivity contribution in [1.82, 2.24) is 14.9 Å². The van der Waals surface area contributed by atoms with Gasteiger partial charge in [0.05, 0.1) is 0 Å². The molecule has 24 heavy (non-hydrogen) atoms. The molecule has 1 aliphatic rings. The van der Waals surface area contributed by atoms with Gasteiger partial charge < -0.3 is 9.88 Å². The maximum Gasteiger partial charge on any atom is 0.345 e. The molecule has 0 aliphatic carbocycles. The topological polar surface area (TPSA) is 66.1 Å². The van der Waals surface area contributed by atoms with Gasteiger partial charge in [-0.05, 0) is 43.0 Å². The fraction of sp³-hybridized carbons (Fsp3) is 0.389. The summed E-state index contributed by atoms with van der Waals surface area (Å²) in [6.45, 7) is 1.44. The number of nitrogens with one attached hydrogen (secondary N) is 1. The summed E-state index contributed by atoms with van der Waals surface area (Å²) < 4.78 is 0. The Labute approximate surface area is 145 Å². The zero-order valence-corrected chi connectivity index (χ0v) is 14.1. The fourth-order valence-electron chi connectivity index (χ4n) is 3.14. The number of piperidine rings is 1. The lowest BCUT2D eigenvalue weighted by molar-refractivity contribution is -0.132. The van der Waals surface area contributed by atoms with Crippen LogP contribution in [0.5, 0.6) is 0 Å². The normalized spacial score (nSPS) is 17.7. The van der Waals surface area contributed by atoms with Gasteiger partial charge in [-0.1, -0.05) is 23.7 Å². The van der Waals surface area contributed by atoms with Crippen LogP contribution in [-0.4, -0.2) is 33.9 Å². The van der Waals surface area contributed by atoms with Crippen molar-refractivity contribution in [2.45, 2.75) is 31.6 Å². The lowest BCUT2D eigenvalue weighted by atomic mass is 9.94. The van der Waals surface area contributed by atoms with Crippen molar-refractivity contribution in [3.8, 4) is 0 Å². The Balaban J connectivity index is 1.58. The quantitative estimate of drug-likeness (QED) is 0.926. The Morgan fingerprint density at radius 1 is 1.29 bits per heavy atom. The number of halogens is 1. The first kappa shape index (κ1) is 16.7. The molecule has 0 saturated carbocycles. The summed E-state index contributed by atoms with van der Waals surface area (Å²) in [5.74, 6) is 0.333. The lowest BCUT2D eigenvalue weighted by Crippen LogP contribution is -2.39. The average Bonchev–Trinajstić information content (AvgIpc) is 2.61. The summed E-state index contributed by atoms with van der Waals surface area (Å²) in [5, 5.41) is 0.704. The van der Waals surface area contributed by atoms with Gasteiger partial charge in [0.1, 0.15) is 0 Å². The Morgan fingerprint density at radius 3 is 2.83 bits per heavy atom. The number of likely N-dealkylation sites (tertiary alicyclic amines) is 1. The maximum atomic E-state index is 12.5. The minimum absolute atomic E-state index is 0.158. The highest BCUT2D eigenvalue weighted by Gasteiger charge is 2.25. The number of H-pyrrole nitrogens is 1. The van der Waals surface area contributed by atoms with Crippen molar-refractivity contribution < 1.29 is 4.79 Å². The van der Waals surface area contributed by atoms with Gasteiger partial charge in [0.15, 0.2) is 0 Å². The predicted octanol–water partition coefficient (Wildman–Crippen LogP) is 2.76. The molecular formula is C18H20ClN3O2. The largest absolute Gasteiger partial charge is 0.345 e. The maximum absolute atomic E-state index is 12.5. The molecule has 1 aromatic carbocycles. The Morgan fingerprint density at radius 2 is 2.08 bits per heavy atom. The van der Waals surface area contributed by atoms with E-state index in [4.69, 9.17) is 11.6 Å². The van der Waals surface area contributed by atoms with E-state index in [1.54, 1.807) is 0 Å². The minimum Gasteiger partial charge on any atom is -0.342 e. The standard InChI is InChI=1S/C18H20ClN3O2/c19-15-6-3-13(4-7-15)5-8-17(23)22-11-1-2-14(12-22)16-9-10-20-18(24)21-16/h3-4,6-7,9-10,14H,1-2,5,8,11-12H2,(H,20,21,24). The third-order valence-electron chi connectivity index (χ3n) is 4.45. The van der Waals surface area contributed by atoms with Gasteiger partial charge in [0.25, 0.3) is 0 Å². The van der Waals surface area contributed by atoms with Gasteiger partial charge >= 0.3 is 5.69 Å². The number of amides is 1. The summed E-state index contributed by atoms with van der Waals surface area (Å²) in [6.07, 6.45) is 4.64. The van der Waals surface area contributed by atoms with Crippen molar-refractivity contribution in [2.24, 2.45) is 0 Å². The lowest BCUT2D eigenvalue weighted by Gasteiger charge is -2.32. The smallest absolute Gasteiger partial charge is 0.342 e. The van der Waals surface area contributed by atoms with Crippen molar-refractivity contribution in [3.63, 3.8) is 0 Å². The molecule has 1 fully saturated rings. The van der Waals surface area contributed by atoms with Gasteiger partial charge in [0, 0.05) is 42.3 Å². The molecule has 126 valence electrons. The van der Waals surface area contributed by atoms with Crippen LogP contribution in [0.4, 0.5) is 0 Å². The van der Waals surface area contributed by atoms with Crippen LogP contribution in [-0.2, 0) is 11.2 Å². The minimum atomic E-state index is -0.335. The monoisotopic (exact) mass is 345 g/mol. The highest BCUT2D eigenvalue weighted by Crippen LogP contribution is 2.25. The van der Waals surface area contributed by atoms with Crippen LogP contribution in [0.2, 0.25) is 5.02 Å². The molecule has 1 unspecified atom stereocenters. The van der Waals surface area contributed by atoms with Crippen LogP contribution >= 0.6 is 11.6 Å². The van der Waals surface area contributed by atoms with E-state index in [1.807, 2.05) is 35.2 Å². The molecule has 1 atom stereocenters. The highest BCUT2D eigenvalue weighted by atomic mass is 35.5. The zero-order chi connectivity index (χ0) is 16.9. The van der Waals surface area contributed by atoms with Crippen LogP contribution in [0.15, 0.2) is 41.3 Å². The van der Waals surface area contributed by atoms with Gasteiger partial charge in [-0.15, -0.1) is 0 Å². The third kappa shape index (κ3) is 4.23. The summed E-state index contributed by atoms with van der Waals surface area (Å²) in [5.41, 5.74) is 1.64. The number of benzene rings is 1. The van der Waals surface area contributed by atoms with E-state index in [2.05, 4.69) is 9.97 Å². The molecule has 0 radical (unpaired) electrons. The fourth-order valence-corrected chi connectivity index (χ4v) is 3.26. The van der Waals surface area contributed by atoms with Crippen molar-refractivity contribution in [1.29, 1.82) is 0 Å². The van der Waals surface area contributed by atoms with E-state index >= 15 is 0 Å². The van der Waals surface area contributed by atoms with Gasteiger partial charge in [-0.2, -0.15) is 0 Å². The summed E-state index contributed by atoms with van der Waals surface area (Å²) in [7, 11) is 0. The van der Waals surface area contributed by atoms with Crippen molar-refractivity contribution >= 4 is 17.5 Å². The number of aromatic nitrogens is 2. The van der Waals surface area contributed by atoms with E-state index in [1.165, 1.54) is 6.20 Å². The van der Waals surface area contributed by atoms with E-state index in [0.29, 0.717) is 24.4 Å². The Kier molecular flexibility index (Phi) is 5.30. The van der Waals surface area contributed by atoms with Crippen LogP contribution in [0.1, 0.15) is 36.4 Å². The summed E-state index contributed by atoms with van der Waals surface area (Å²) in [6, 6.07) is 9.43. The van der Waals surface area contributed by atoms with Crippen LogP contribution in [0.3, 0.4) is 0 Å². The molecule has 0 bridgehead atoms.